The lowest BCUT2D eigenvalue weighted by atomic mass is 9.95. The second-order valence-corrected chi connectivity index (χ2v) is 2.78. The zero-order chi connectivity index (χ0) is 8.20. The molecule has 1 nitrogen and oxygen atoms in total. The zero-order valence-corrected chi connectivity index (χ0v) is 6.65. The Kier molecular flexibility index (Phi) is 3.18. The van der Waals surface area contributed by atoms with Crippen molar-refractivity contribution in [3.8, 4) is 12.3 Å². The fraction of sp³-hybridized carbons (Fsp3) is 0.556. The van der Waals surface area contributed by atoms with Crippen molar-refractivity contribution in [1.29, 1.82) is 0 Å². The minimum atomic E-state index is -0.677. The summed E-state index contributed by atoms with van der Waals surface area (Å²) in [6, 6.07) is 0. The molecule has 1 atom stereocenters. The Bertz CT molecular complexity index is 160. The van der Waals surface area contributed by atoms with Crippen LogP contribution in [0.15, 0.2) is 12.2 Å². The van der Waals surface area contributed by atoms with Gasteiger partial charge in [-0.15, -0.1) is 6.42 Å². The van der Waals surface area contributed by atoms with Gasteiger partial charge in [-0.3, -0.25) is 0 Å². The molecular formula is C9H14O. The average Bonchev–Trinajstić information content (AvgIpc) is 1.87. The Hall–Kier alpha value is -0.740. The molecule has 10 heavy (non-hydrogen) atoms. The number of hydrogen-bond donors (Lipinski definition) is 1. The Morgan fingerprint density at radius 3 is 2.60 bits per heavy atom. The van der Waals surface area contributed by atoms with Gasteiger partial charge in [-0.25, -0.2) is 0 Å². The van der Waals surface area contributed by atoms with Crippen molar-refractivity contribution in [3.63, 3.8) is 0 Å². The number of aliphatic hydroxyl groups is 1. The quantitative estimate of drug-likeness (QED) is 0.589. The summed E-state index contributed by atoms with van der Waals surface area (Å²) in [4.78, 5) is 0. The minimum Gasteiger partial charge on any atom is -0.390 e. The molecule has 0 aliphatic rings. The van der Waals surface area contributed by atoms with E-state index < -0.39 is 5.60 Å². The Balaban J connectivity index is 3.91. The first-order chi connectivity index (χ1) is 4.52. The molecule has 0 amide bonds. The molecule has 0 saturated carbocycles. The van der Waals surface area contributed by atoms with E-state index in [2.05, 4.69) is 12.5 Å². The van der Waals surface area contributed by atoms with Gasteiger partial charge >= 0.3 is 0 Å². The van der Waals surface area contributed by atoms with Crippen LogP contribution in [0.25, 0.3) is 0 Å². The first-order valence-electron chi connectivity index (χ1n) is 3.38. The Morgan fingerprint density at radius 2 is 2.30 bits per heavy atom. The van der Waals surface area contributed by atoms with Crippen LogP contribution in [0, 0.1) is 12.3 Å². The third-order valence-electron chi connectivity index (χ3n) is 1.56. The molecule has 0 spiro atoms. The van der Waals surface area contributed by atoms with Gasteiger partial charge in [-0.1, -0.05) is 19.4 Å². The van der Waals surface area contributed by atoms with E-state index in [-0.39, 0.29) is 0 Å². The van der Waals surface area contributed by atoms with Gasteiger partial charge in [-0.2, -0.15) is 0 Å². The summed E-state index contributed by atoms with van der Waals surface area (Å²) in [5.74, 6) is 2.40. The highest BCUT2D eigenvalue weighted by Crippen LogP contribution is 2.17. The van der Waals surface area contributed by atoms with E-state index in [1.807, 2.05) is 6.92 Å². The molecule has 0 fully saturated rings. The molecule has 1 N–H and O–H groups in total. The molecular weight excluding hydrogens is 124 g/mol. The van der Waals surface area contributed by atoms with E-state index in [9.17, 15) is 5.11 Å². The van der Waals surface area contributed by atoms with Crippen molar-refractivity contribution >= 4 is 0 Å². The maximum atomic E-state index is 9.47. The lowest BCUT2D eigenvalue weighted by Crippen LogP contribution is -2.22. The van der Waals surface area contributed by atoms with Crippen LogP contribution < -0.4 is 0 Å². The van der Waals surface area contributed by atoms with Crippen molar-refractivity contribution in [1.82, 2.24) is 0 Å². The van der Waals surface area contributed by atoms with E-state index >= 15 is 0 Å². The SMILES string of the molecule is C#CC(=C)CC(C)(O)CC. The maximum Gasteiger partial charge on any atom is 0.0663 e. The lowest BCUT2D eigenvalue weighted by molar-refractivity contribution is 0.0576. The van der Waals surface area contributed by atoms with Crippen molar-refractivity contribution in [2.24, 2.45) is 0 Å². The van der Waals surface area contributed by atoms with Crippen LogP contribution in [0.3, 0.4) is 0 Å². The zero-order valence-electron chi connectivity index (χ0n) is 6.65. The number of hydrogen-bond acceptors (Lipinski definition) is 1. The van der Waals surface area contributed by atoms with Gasteiger partial charge in [0.15, 0.2) is 0 Å². The fourth-order valence-electron chi connectivity index (χ4n) is 0.636. The van der Waals surface area contributed by atoms with Gasteiger partial charge in [0.2, 0.25) is 0 Å². The predicted octanol–water partition coefficient (Wildman–Crippen LogP) is 1.73. The largest absolute Gasteiger partial charge is 0.390 e. The first-order valence-corrected chi connectivity index (χ1v) is 3.38. The second kappa shape index (κ2) is 3.43. The van der Waals surface area contributed by atoms with Gasteiger partial charge in [0.05, 0.1) is 5.60 Å². The van der Waals surface area contributed by atoms with Crippen molar-refractivity contribution < 1.29 is 5.11 Å². The van der Waals surface area contributed by atoms with Crippen LogP contribution in [0.1, 0.15) is 26.7 Å². The summed E-state index contributed by atoms with van der Waals surface area (Å²) < 4.78 is 0. The van der Waals surface area contributed by atoms with Crippen molar-refractivity contribution in [2.45, 2.75) is 32.3 Å². The molecule has 0 radical (unpaired) electrons. The molecule has 0 aromatic heterocycles. The molecule has 1 heteroatoms. The normalized spacial score (nSPS) is 15.4. The van der Waals surface area contributed by atoms with E-state index in [4.69, 9.17) is 6.42 Å². The molecule has 0 aliphatic carbocycles. The van der Waals surface area contributed by atoms with Gasteiger partial charge in [-0.05, 0) is 18.9 Å². The molecule has 0 aliphatic heterocycles. The molecule has 0 rings (SSSR count). The van der Waals surface area contributed by atoms with Gasteiger partial charge < -0.3 is 5.11 Å². The first kappa shape index (κ1) is 9.26. The van der Waals surface area contributed by atoms with Crippen LogP contribution >= 0.6 is 0 Å². The summed E-state index contributed by atoms with van der Waals surface area (Å²) in [7, 11) is 0. The van der Waals surface area contributed by atoms with E-state index in [1.54, 1.807) is 6.92 Å². The summed E-state index contributed by atoms with van der Waals surface area (Å²) >= 11 is 0. The maximum absolute atomic E-state index is 9.47. The predicted molar refractivity (Wildman–Crippen MR) is 43.5 cm³/mol. The Labute approximate surface area is 62.8 Å². The second-order valence-electron chi connectivity index (χ2n) is 2.78. The molecule has 0 saturated heterocycles. The molecule has 0 aromatic carbocycles. The van der Waals surface area contributed by atoms with Crippen molar-refractivity contribution in [3.05, 3.63) is 12.2 Å². The summed E-state index contributed by atoms with van der Waals surface area (Å²) in [5.41, 5.74) is -0.0180. The molecule has 0 aromatic rings. The Morgan fingerprint density at radius 1 is 1.80 bits per heavy atom. The third-order valence-corrected chi connectivity index (χ3v) is 1.56. The van der Waals surface area contributed by atoms with E-state index in [0.717, 1.165) is 0 Å². The van der Waals surface area contributed by atoms with Crippen molar-refractivity contribution in [2.75, 3.05) is 0 Å². The molecule has 0 heterocycles. The van der Waals surface area contributed by atoms with E-state index in [0.29, 0.717) is 18.4 Å². The minimum absolute atomic E-state index is 0.500. The summed E-state index contributed by atoms with van der Waals surface area (Å²) in [5, 5.41) is 9.47. The summed E-state index contributed by atoms with van der Waals surface area (Å²) in [6.45, 7) is 7.29. The monoisotopic (exact) mass is 138 g/mol. The highest BCUT2D eigenvalue weighted by Gasteiger charge is 2.17. The highest BCUT2D eigenvalue weighted by atomic mass is 16.3. The lowest BCUT2D eigenvalue weighted by Gasteiger charge is -2.20. The van der Waals surface area contributed by atoms with Crippen LogP contribution in [0.5, 0.6) is 0 Å². The molecule has 0 bridgehead atoms. The fourth-order valence-corrected chi connectivity index (χ4v) is 0.636. The standard InChI is InChI=1S/C9H14O/c1-5-8(3)7-9(4,10)6-2/h1,10H,3,6-7H2,2,4H3. The van der Waals surface area contributed by atoms with Gasteiger partial charge in [0.1, 0.15) is 0 Å². The van der Waals surface area contributed by atoms with Crippen LogP contribution in [-0.2, 0) is 0 Å². The summed E-state index contributed by atoms with van der Waals surface area (Å²) in [6.07, 6.45) is 6.28. The molecule has 56 valence electrons. The third kappa shape index (κ3) is 3.32. The van der Waals surface area contributed by atoms with Crippen LogP contribution in [-0.4, -0.2) is 10.7 Å². The highest BCUT2D eigenvalue weighted by molar-refractivity contribution is 5.22. The van der Waals surface area contributed by atoms with Crippen LogP contribution in [0.2, 0.25) is 0 Å². The average molecular weight is 138 g/mol. The number of terminal acetylenes is 1. The molecule has 1 unspecified atom stereocenters. The van der Waals surface area contributed by atoms with Gasteiger partial charge in [0.25, 0.3) is 0 Å². The number of rotatable bonds is 3. The van der Waals surface area contributed by atoms with Gasteiger partial charge in [0, 0.05) is 6.42 Å². The smallest absolute Gasteiger partial charge is 0.0663 e. The van der Waals surface area contributed by atoms with Crippen LogP contribution in [0.4, 0.5) is 0 Å². The van der Waals surface area contributed by atoms with E-state index in [1.165, 1.54) is 0 Å². The topological polar surface area (TPSA) is 20.2 Å².